The molecule has 1 aromatic rings. The predicted molar refractivity (Wildman–Crippen MR) is 134 cm³/mol. The lowest BCUT2D eigenvalue weighted by atomic mass is 10.1. The molecule has 0 spiro atoms. The van der Waals surface area contributed by atoms with Crippen LogP contribution in [0.15, 0.2) is 67.7 Å². The average molecular weight is 448 g/mol. The van der Waals surface area contributed by atoms with Crippen LogP contribution in [0, 0.1) is 0 Å². The molecule has 1 unspecified atom stereocenters. The van der Waals surface area contributed by atoms with Gasteiger partial charge in [0.2, 0.25) is 0 Å². The van der Waals surface area contributed by atoms with Crippen molar-refractivity contribution in [1.82, 2.24) is 14.5 Å². The number of halogens is 1. The molecule has 1 aliphatic heterocycles. The third-order valence-corrected chi connectivity index (χ3v) is 4.69. The Labute approximate surface area is 194 Å². The third kappa shape index (κ3) is 12.4. The zero-order valence-corrected chi connectivity index (χ0v) is 20.2. The molecule has 1 aliphatic rings. The van der Waals surface area contributed by atoms with E-state index in [1.54, 1.807) is 20.2 Å². The Balaban J connectivity index is 0.000000561. The summed E-state index contributed by atoms with van der Waals surface area (Å²) in [5, 5.41) is 8.63. The highest BCUT2D eigenvalue weighted by molar-refractivity contribution is 5.34. The summed E-state index contributed by atoms with van der Waals surface area (Å²) in [7, 11) is 1.66. The molecule has 2 rings (SSSR count). The number of ether oxygens (including phenoxy) is 1. The van der Waals surface area contributed by atoms with E-state index in [-0.39, 0.29) is 6.61 Å². The van der Waals surface area contributed by atoms with Gasteiger partial charge in [-0.1, -0.05) is 25.7 Å². The largest absolute Gasteiger partial charge is 0.396 e. The number of hydrogen-bond acceptors (Lipinski definition) is 4. The SMILES string of the molecule is C=C.C=C(/C=C\n1ccnc1CC)COC.CC(F)/C(=C\C=C/CCO)N1CCCCC1. The number of aryl methyl sites for hydroxylation is 1. The van der Waals surface area contributed by atoms with Gasteiger partial charge in [0.15, 0.2) is 0 Å². The predicted octanol–water partition coefficient (Wildman–Crippen LogP) is 5.57. The molecule has 1 saturated heterocycles. The second kappa shape index (κ2) is 19.3. The van der Waals surface area contributed by atoms with Crippen LogP contribution in [-0.4, -0.2) is 59.1 Å². The fraction of sp³-hybridized carbons (Fsp3) is 0.500. The maximum atomic E-state index is 13.5. The highest BCUT2D eigenvalue weighted by Gasteiger charge is 2.17. The number of alkyl halides is 1. The standard InChI is InChI=1S/C13H22FNO.C11H16N2O.C2H4/c1-12(14)13(8-4-2-7-11-16)15-9-5-3-6-10-15;1-4-11-12-6-8-13(11)7-5-10(2)9-14-3;1-2/h2,4,8,12,16H,3,5-7,9-11H2,1H3;5-8H,2,4,9H2,1,3H3;1-2H2/b4-2-,13-8+;7-5-;. The Morgan fingerprint density at radius 2 is 2.00 bits per heavy atom. The third-order valence-electron chi connectivity index (χ3n) is 4.69. The van der Waals surface area contributed by atoms with E-state index in [1.807, 2.05) is 41.3 Å². The highest BCUT2D eigenvalue weighted by atomic mass is 19.1. The number of aliphatic hydroxyl groups is 1. The van der Waals surface area contributed by atoms with Gasteiger partial charge in [0, 0.05) is 57.5 Å². The second-order valence-corrected chi connectivity index (χ2v) is 7.21. The summed E-state index contributed by atoms with van der Waals surface area (Å²) in [6.07, 6.45) is 17.4. The number of aromatic nitrogens is 2. The van der Waals surface area contributed by atoms with Crippen LogP contribution in [0.5, 0.6) is 0 Å². The molecule has 6 heteroatoms. The van der Waals surface area contributed by atoms with E-state index < -0.39 is 6.17 Å². The lowest BCUT2D eigenvalue weighted by Crippen LogP contribution is -2.32. The van der Waals surface area contributed by atoms with Crippen molar-refractivity contribution in [3.8, 4) is 0 Å². The summed E-state index contributed by atoms with van der Waals surface area (Å²) in [6.45, 7) is 16.2. The molecule has 1 N–H and O–H groups in total. The number of likely N-dealkylation sites (tertiary alicyclic amines) is 1. The van der Waals surface area contributed by atoms with Crippen LogP contribution in [0.2, 0.25) is 0 Å². The van der Waals surface area contributed by atoms with E-state index in [4.69, 9.17) is 9.84 Å². The Bertz CT molecular complexity index is 702. The maximum Gasteiger partial charge on any atom is 0.137 e. The molecule has 0 bridgehead atoms. The van der Waals surface area contributed by atoms with Gasteiger partial charge in [-0.3, -0.25) is 0 Å². The molecule has 32 heavy (non-hydrogen) atoms. The molecule has 180 valence electrons. The number of aliphatic hydroxyl groups excluding tert-OH is 1. The summed E-state index contributed by atoms with van der Waals surface area (Å²) < 4.78 is 20.4. The first-order chi connectivity index (χ1) is 15.5. The monoisotopic (exact) mass is 447 g/mol. The first-order valence-corrected chi connectivity index (χ1v) is 11.3. The van der Waals surface area contributed by atoms with Crippen molar-refractivity contribution in [1.29, 1.82) is 0 Å². The molecular formula is C26H42FN3O2. The average Bonchev–Trinajstić information content (AvgIpc) is 3.28. The van der Waals surface area contributed by atoms with Crippen LogP contribution >= 0.6 is 0 Å². The summed E-state index contributed by atoms with van der Waals surface area (Å²) in [4.78, 5) is 6.35. The minimum Gasteiger partial charge on any atom is -0.396 e. The lowest BCUT2D eigenvalue weighted by molar-refractivity contribution is 0.228. The zero-order chi connectivity index (χ0) is 24.2. The van der Waals surface area contributed by atoms with Crippen molar-refractivity contribution in [2.75, 3.05) is 33.4 Å². The van der Waals surface area contributed by atoms with Crippen LogP contribution in [0.3, 0.4) is 0 Å². The van der Waals surface area contributed by atoms with Gasteiger partial charge in [-0.25, -0.2) is 9.37 Å². The van der Waals surface area contributed by atoms with E-state index in [2.05, 4.69) is 36.5 Å². The molecule has 0 aliphatic carbocycles. The summed E-state index contributed by atoms with van der Waals surface area (Å²) >= 11 is 0. The first kappa shape index (κ1) is 29.6. The fourth-order valence-corrected chi connectivity index (χ4v) is 3.15. The second-order valence-electron chi connectivity index (χ2n) is 7.21. The molecule has 2 heterocycles. The van der Waals surface area contributed by atoms with Gasteiger partial charge in [-0.15, -0.1) is 13.2 Å². The van der Waals surface area contributed by atoms with Gasteiger partial charge < -0.3 is 19.3 Å². The van der Waals surface area contributed by atoms with Crippen molar-refractivity contribution in [2.45, 2.75) is 52.1 Å². The van der Waals surface area contributed by atoms with Gasteiger partial charge in [0.05, 0.1) is 6.61 Å². The van der Waals surface area contributed by atoms with Gasteiger partial charge in [-0.05, 0) is 50.3 Å². The van der Waals surface area contributed by atoms with Crippen molar-refractivity contribution < 1.29 is 14.2 Å². The molecule has 1 atom stereocenters. The van der Waals surface area contributed by atoms with Gasteiger partial charge >= 0.3 is 0 Å². The Hall–Kier alpha value is -2.44. The number of imidazole rings is 1. The minimum atomic E-state index is -0.920. The number of methoxy groups -OCH3 is 1. The van der Waals surface area contributed by atoms with Crippen molar-refractivity contribution in [3.05, 3.63) is 73.5 Å². The molecule has 0 aromatic carbocycles. The van der Waals surface area contributed by atoms with E-state index in [9.17, 15) is 4.39 Å². The molecule has 5 nitrogen and oxygen atoms in total. The Morgan fingerprint density at radius 3 is 2.56 bits per heavy atom. The number of rotatable bonds is 10. The smallest absolute Gasteiger partial charge is 0.137 e. The zero-order valence-electron chi connectivity index (χ0n) is 20.2. The number of allylic oxidation sites excluding steroid dienone is 3. The molecule has 0 radical (unpaired) electrons. The van der Waals surface area contributed by atoms with Crippen molar-refractivity contribution in [2.24, 2.45) is 0 Å². The van der Waals surface area contributed by atoms with Crippen LogP contribution in [0.25, 0.3) is 6.20 Å². The van der Waals surface area contributed by atoms with Gasteiger partial charge in [0.25, 0.3) is 0 Å². The van der Waals surface area contributed by atoms with Crippen LogP contribution in [-0.2, 0) is 11.2 Å². The van der Waals surface area contributed by atoms with Gasteiger partial charge in [-0.2, -0.15) is 0 Å². The number of hydrogen-bond donors (Lipinski definition) is 1. The fourth-order valence-electron chi connectivity index (χ4n) is 3.15. The molecule has 0 saturated carbocycles. The molecular weight excluding hydrogens is 405 g/mol. The Kier molecular flexibility index (Phi) is 17.8. The van der Waals surface area contributed by atoms with Crippen LogP contribution in [0.1, 0.15) is 45.4 Å². The highest BCUT2D eigenvalue weighted by Crippen LogP contribution is 2.19. The van der Waals surface area contributed by atoms with Gasteiger partial charge in [0.1, 0.15) is 12.0 Å². The van der Waals surface area contributed by atoms with Crippen LogP contribution in [0.4, 0.5) is 4.39 Å². The van der Waals surface area contributed by atoms with E-state index in [0.717, 1.165) is 49.4 Å². The van der Waals surface area contributed by atoms with Crippen molar-refractivity contribution >= 4 is 6.20 Å². The Morgan fingerprint density at radius 1 is 1.31 bits per heavy atom. The summed E-state index contributed by atoms with van der Waals surface area (Å²) in [6, 6.07) is 0. The molecule has 1 aromatic heterocycles. The molecule has 1 fully saturated rings. The number of piperidine rings is 1. The number of nitrogens with zero attached hydrogens (tertiary/aromatic N) is 3. The van der Waals surface area contributed by atoms with E-state index in [0.29, 0.717) is 13.0 Å². The summed E-state index contributed by atoms with van der Waals surface area (Å²) in [5.74, 6) is 1.05. The molecule has 0 amide bonds. The maximum absolute atomic E-state index is 13.5. The lowest BCUT2D eigenvalue weighted by Gasteiger charge is -2.31. The van der Waals surface area contributed by atoms with Crippen molar-refractivity contribution in [3.63, 3.8) is 0 Å². The normalized spacial score (nSPS) is 15.2. The van der Waals surface area contributed by atoms with Crippen LogP contribution < -0.4 is 0 Å². The van der Waals surface area contributed by atoms with E-state index >= 15 is 0 Å². The topological polar surface area (TPSA) is 50.5 Å². The first-order valence-electron chi connectivity index (χ1n) is 11.3. The minimum absolute atomic E-state index is 0.147. The summed E-state index contributed by atoms with van der Waals surface area (Å²) in [5.41, 5.74) is 1.72. The quantitative estimate of drug-likeness (QED) is 0.376. The van der Waals surface area contributed by atoms with E-state index in [1.165, 1.54) is 6.42 Å².